The summed E-state index contributed by atoms with van der Waals surface area (Å²) in [4.78, 5) is 79.0. The maximum Gasteiger partial charge on any atom is 0.573 e. The van der Waals surface area contributed by atoms with Gasteiger partial charge in [-0.1, -0.05) is 55.4 Å². The summed E-state index contributed by atoms with van der Waals surface area (Å²) in [6.45, 7) is 21.8. The van der Waals surface area contributed by atoms with Gasteiger partial charge < -0.3 is 43.3 Å². The number of alkyl carbamates (subject to hydrolysis) is 1. The standard InChI is InChI=1S/C59H66F6N8O10/c1-12-80-53(79)72(33-13-15-36(16-14-33)82-58(60,61)62)49-67-41-22-38(31(2)19-45(41)70(49)34-24-54(4,5)29-55(6,7)25-34)43(28-74)66-40-21-37(83-59(63,64)65)17-18-44(40)73(52(77)78)50-68-42-23-39(47-48(75)69-51(76)81-47)32(3)20-46(42)71(50)35-26-56(8,9)30-57(10,11)27-35/h13-23,28,34-35,43,47,66H,12,24-27,29-30H2,1-11H3,(H,77,78)(H,69,75,76). The van der Waals surface area contributed by atoms with Crippen molar-refractivity contribution in [1.82, 2.24) is 24.4 Å². The Morgan fingerprint density at radius 2 is 1.24 bits per heavy atom. The van der Waals surface area contributed by atoms with Gasteiger partial charge in [-0.15, -0.1) is 26.3 Å². The van der Waals surface area contributed by atoms with E-state index < -0.39 is 66.6 Å². The predicted molar refractivity (Wildman–Crippen MR) is 295 cm³/mol. The molecule has 18 nitrogen and oxygen atoms in total. The first-order valence-electron chi connectivity index (χ1n) is 27.1. The molecule has 2 saturated carbocycles. The number of aryl methyl sites for hydroxylation is 2. The molecular formula is C59H66F6N8O10. The Bertz CT molecular complexity index is 3520. The molecule has 1 saturated heterocycles. The summed E-state index contributed by atoms with van der Waals surface area (Å²) in [5.74, 6) is -2.17. The molecule has 3 heterocycles. The molecular weight excluding hydrogens is 1090 g/mol. The van der Waals surface area contributed by atoms with E-state index in [0.717, 1.165) is 53.0 Å². The van der Waals surface area contributed by atoms with Gasteiger partial charge in [-0.3, -0.25) is 10.1 Å². The number of benzene rings is 4. The van der Waals surface area contributed by atoms with Crippen LogP contribution in [0.3, 0.4) is 0 Å². The number of carbonyl (C=O) groups excluding carboxylic acids is 4. The second-order valence-electron chi connectivity index (χ2n) is 25.0. The Balaban J connectivity index is 1.22. The molecule has 1 aliphatic heterocycles. The number of halogens is 6. The monoisotopic (exact) mass is 1160 g/mol. The Kier molecular flexibility index (Phi) is 15.3. The van der Waals surface area contributed by atoms with E-state index in [1.165, 1.54) is 18.2 Å². The Morgan fingerprint density at radius 3 is 1.72 bits per heavy atom. The zero-order valence-electron chi connectivity index (χ0n) is 47.8. The third-order valence-electron chi connectivity index (χ3n) is 15.5. The molecule has 24 heteroatoms. The number of imidazole rings is 2. The Labute approximate surface area is 474 Å². The smallest absolute Gasteiger partial charge is 0.464 e. The summed E-state index contributed by atoms with van der Waals surface area (Å²) in [6, 6.07) is 11.9. The minimum Gasteiger partial charge on any atom is -0.464 e. The van der Waals surface area contributed by atoms with Crippen LogP contribution in [0.25, 0.3) is 22.1 Å². The molecule has 2 atom stereocenters. The number of alkyl halides is 6. The molecule has 83 heavy (non-hydrogen) atoms. The quantitative estimate of drug-likeness (QED) is 0.0686. The van der Waals surface area contributed by atoms with Crippen molar-refractivity contribution >= 4 is 81.5 Å². The van der Waals surface area contributed by atoms with Gasteiger partial charge in [-0.2, -0.15) is 0 Å². The zero-order valence-corrected chi connectivity index (χ0v) is 47.8. The number of aldehydes is 1. The van der Waals surface area contributed by atoms with Gasteiger partial charge in [0.2, 0.25) is 18.0 Å². The molecule has 4 amide bonds. The number of cyclic esters (lactones) is 1. The first-order chi connectivity index (χ1) is 38.5. The van der Waals surface area contributed by atoms with Crippen molar-refractivity contribution in [3.63, 3.8) is 0 Å². The molecule has 4 aromatic carbocycles. The Hall–Kier alpha value is -8.05. The van der Waals surface area contributed by atoms with E-state index in [4.69, 9.17) is 19.4 Å². The largest absolute Gasteiger partial charge is 0.573 e. The Morgan fingerprint density at radius 1 is 0.747 bits per heavy atom. The first-order valence-corrected chi connectivity index (χ1v) is 27.1. The van der Waals surface area contributed by atoms with Crippen LogP contribution in [0, 0.1) is 35.5 Å². The van der Waals surface area contributed by atoms with Gasteiger partial charge in [0, 0.05) is 23.7 Å². The lowest BCUT2D eigenvalue weighted by Gasteiger charge is -2.46. The lowest BCUT2D eigenvalue weighted by Crippen LogP contribution is -2.37. The van der Waals surface area contributed by atoms with Crippen molar-refractivity contribution in [2.75, 3.05) is 21.7 Å². The number of anilines is 5. The minimum atomic E-state index is -5.21. The number of imide groups is 1. The van der Waals surface area contributed by atoms with Crippen LogP contribution in [-0.4, -0.2) is 74.0 Å². The molecule has 444 valence electrons. The van der Waals surface area contributed by atoms with Crippen LogP contribution in [0.15, 0.2) is 66.7 Å². The number of nitrogens with zero attached hydrogens (tertiary/aromatic N) is 6. The highest BCUT2D eigenvalue weighted by Gasteiger charge is 2.45. The molecule has 0 radical (unpaired) electrons. The molecule has 6 aromatic rings. The molecule has 0 spiro atoms. The maximum absolute atomic E-state index is 14.2. The first kappa shape index (κ1) is 59.6. The van der Waals surface area contributed by atoms with E-state index in [9.17, 15) is 55.4 Å². The second-order valence-corrected chi connectivity index (χ2v) is 25.0. The summed E-state index contributed by atoms with van der Waals surface area (Å²) >= 11 is 0. The fraction of sp³-hybridized carbons (Fsp3) is 0.475. The molecule has 0 bridgehead atoms. The van der Waals surface area contributed by atoms with Gasteiger partial charge in [-0.05, 0) is 158 Å². The number of rotatable bonds is 14. The molecule has 3 N–H and O–H groups in total. The predicted octanol–water partition coefficient (Wildman–Crippen LogP) is 15.1. The second kappa shape index (κ2) is 21.3. The third-order valence-corrected chi connectivity index (χ3v) is 15.5. The number of nitrogens with one attached hydrogen (secondary N) is 2. The molecule has 9 rings (SSSR count). The van der Waals surface area contributed by atoms with Crippen LogP contribution in [0.5, 0.6) is 11.5 Å². The number of ether oxygens (including phenoxy) is 4. The number of aromatic nitrogens is 4. The zero-order chi connectivity index (χ0) is 60.7. The summed E-state index contributed by atoms with van der Waals surface area (Å²) in [5.41, 5.74) is 1.33. The number of hydrogen-bond donors (Lipinski definition) is 3. The van der Waals surface area contributed by atoms with Gasteiger partial charge in [-0.25, -0.2) is 34.2 Å². The molecule has 2 aliphatic carbocycles. The highest BCUT2D eigenvalue weighted by atomic mass is 19.4. The van der Waals surface area contributed by atoms with Gasteiger partial charge in [0.05, 0.1) is 45.7 Å². The molecule has 3 aliphatic rings. The fourth-order valence-corrected chi connectivity index (χ4v) is 13.6. The summed E-state index contributed by atoms with van der Waals surface area (Å²) in [5, 5.41) is 16.6. The summed E-state index contributed by atoms with van der Waals surface area (Å²) in [6.07, 6.45) is -10.6. The highest BCUT2D eigenvalue weighted by molar-refractivity contribution is 6.02. The lowest BCUT2D eigenvalue weighted by atomic mass is 9.63. The number of amides is 4. The number of carboxylic acid groups (broad SMARTS) is 1. The van der Waals surface area contributed by atoms with Crippen LogP contribution >= 0.6 is 0 Å². The molecule has 2 aromatic heterocycles. The fourth-order valence-electron chi connectivity index (χ4n) is 13.6. The number of carbonyl (C=O) groups is 5. The van der Waals surface area contributed by atoms with Crippen molar-refractivity contribution < 1.29 is 74.4 Å². The average molecular weight is 1160 g/mol. The summed E-state index contributed by atoms with van der Waals surface area (Å²) in [7, 11) is 0. The normalized spacial score (nSPS) is 19.2. The molecule has 3 fully saturated rings. The van der Waals surface area contributed by atoms with E-state index in [1.54, 1.807) is 43.5 Å². The van der Waals surface area contributed by atoms with Crippen molar-refractivity contribution in [2.45, 2.75) is 152 Å². The van der Waals surface area contributed by atoms with Crippen molar-refractivity contribution in [2.24, 2.45) is 21.7 Å². The van der Waals surface area contributed by atoms with Crippen LogP contribution in [-0.2, 0) is 19.1 Å². The number of hydrogen-bond acceptors (Lipinski definition) is 12. The van der Waals surface area contributed by atoms with Gasteiger partial charge >= 0.3 is 31.0 Å². The topological polar surface area (TPSA) is 209 Å². The van der Waals surface area contributed by atoms with E-state index in [2.05, 4.69) is 75.5 Å². The summed E-state index contributed by atoms with van der Waals surface area (Å²) < 4.78 is 105. The maximum atomic E-state index is 14.2. The van der Waals surface area contributed by atoms with E-state index in [1.807, 2.05) is 4.57 Å². The SMILES string of the molecule is CCOC(=O)N(c1ccc(OC(F)(F)F)cc1)c1nc2cc(C(C=O)Nc3cc(OC(F)(F)F)ccc3N(C(=O)O)c3nc4cc(C5OC(=O)NC5=O)c(C)cc4n3C3CC(C)(C)CC(C)(C)C3)c(C)cc2n1C1CC(C)(C)CC(C)(C)C1. The minimum absolute atomic E-state index is 0.0347. The van der Waals surface area contributed by atoms with E-state index in [0.29, 0.717) is 54.1 Å². The van der Waals surface area contributed by atoms with Crippen molar-refractivity contribution in [1.29, 1.82) is 0 Å². The van der Waals surface area contributed by atoms with E-state index in [-0.39, 0.29) is 85.4 Å². The number of fused-ring (bicyclic) bond motifs is 2. The van der Waals surface area contributed by atoms with Gasteiger partial charge in [0.15, 0.2) is 0 Å². The van der Waals surface area contributed by atoms with E-state index >= 15 is 0 Å². The van der Waals surface area contributed by atoms with Gasteiger partial charge in [0.25, 0.3) is 5.91 Å². The van der Waals surface area contributed by atoms with Gasteiger partial charge in [0.1, 0.15) is 23.8 Å². The van der Waals surface area contributed by atoms with Crippen molar-refractivity contribution in [3.8, 4) is 11.5 Å². The van der Waals surface area contributed by atoms with Crippen LogP contribution in [0.4, 0.5) is 69.7 Å². The van der Waals surface area contributed by atoms with Crippen molar-refractivity contribution in [3.05, 3.63) is 89.0 Å². The third kappa shape index (κ3) is 12.7. The van der Waals surface area contributed by atoms with Crippen LogP contribution in [0.1, 0.15) is 147 Å². The highest BCUT2D eigenvalue weighted by Crippen LogP contribution is 2.54. The molecule has 2 unspecified atom stereocenters. The van der Waals surface area contributed by atoms with Crippen LogP contribution in [0.2, 0.25) is 0 Å². The average Bonchev–Trinajstić information content (AvgIpc) is 3.01. The lowest BCUT2D eigenvalue weighted by molar-refractivity contribution is -0.275. The van der Waals surface area contributed by atoms with Crippen LogP contribution < -0.4 is 29.9 Å².